The average molecular weight is 223 g/mol. The topological polar surface area (TPSA) is 101 Å². The number of nitrogens with two attached hydrogens (primary N) is 1. The minimum Gasteiger partial charge on any atom is -0.481 e. The van der Waals surface area contributed by atoms with Gasteiger partial charge in [0.15, 0.2) is 8.03 Å². The number of hydrogen-bond donors (Lipinski definition) is 3. The molecule has 0 spiro atoms. The summed E-state index contributed by atoms with van der Waals surface area (Å²) in [5, 5.41) is 8.72. The van der Waals surface area contributed by atoms with Gasteiger partial charge in [-0.15, -0.1) is 0 Å². The molecule has 14 heavy (non-hydrogen) atoms. The van der Waals surface area contributed by atoms with Crippen molar-refractivity contribution >= 4 is 14.0 Å². The molecule has 0 aliphatic rings. The van der Waals surface area contributed by atoms with Crippen molar-refractivity contribution in [3.05, 3.63) is 0 Å². The quantitative estimate of drug-likeness (QED) is 0.551. The lowest BCUT2D eigenvalue weighted by Crippen LogP contribution is -2.19. The third-order valence-electron chi connectivity index (χ3n) is 1.98. The Morgan fingerprint density at radius 2 is 2.07 bits per heavy atom. The monoisotopic (exact) mass is 223 g/mol. The van der Waals surface area contributed by atoms with Crippen molar-refractivity contribution in [3.63, 3.8) is 0 Å². The Balaban J connectivity index is 3.86. The second-order valence-corrected chi connectivity index (χ2v) is 4.74. The fraction of sp³-hybridized carbons (Fsp3) is 0.875. The van der Waals surface area contributed by atoms with Gasteiger partial charge in [0.1, 0.15) is 0 Å². The van der Waals surface area contributed by atoms with Crippen molar-refractivity contribution in [3.8, 4) is 0 Å². The van der Waals surface area contributed by atoms with E-state index in [4.69, 9.17) is 15.7 Å². The molecule has 3 unspecified atom stereocenters. The van der Waals surface area contributed by atoms with Gasteiger partial charge in [0.05, 0.1) is 5.92 Å². The Morgan fingerprint density at radius 3 is 2.43 bits per heavy atom. The summed E-state index contributed by atoms with van der Waals surface area (Å²) in [6.07, 6.45) is 1.73. The van der Waals surface area contributed by atoms with Gasteiger partial charge in [0.25, 0.3) is 0 Å². The van der Waals surface area contributed by atoms with E-state index in [0.29, 0.717) is 12.8 Å². The van der Waals surface area contributed by atoms with Crippen LogP contribution in [0.1, 0.15) is 26.2 Å². The lowest BCUT2D eigenvalue weighted by atomic mass is 10.0. The van der Waals surface area contributed by atoms with Crippen molar-refractivity contribution in [2.45, 2.75) is 32.2 Å². The zero-order valence-corrected chi connectivity index (χ0v) is 9.27. The molecule has 6 heteroatoms. The molecule has 0 aliphatic heterocycles. The van der Waals surface area contributed by atoms with Crippen LogP contribution in [0.2, 0.25) is 0 Å². The van der Waals surface area contributed by atoms with E-state index in [9.17, 15) is 9.36 Å². The first-order chi connectivity index (χ1) is 6.43. The molecule has 0 aromatic heterocycles. The highest BCUT2D eigenvalue weighted by molar-refractivity contribution is 7.38. The molecule has 0 amide bonds. The number of carboxylic acid groups (broad SMARTS) is 1. The van der Waals surface area contributed by atoms with E-state index in [0.717, 1.165) is 6.42 Å². The van der Waals surface area contributed by atoms with Crippen molar-refractivity contribution in [2.75, 3.05) is 6.16 Å². The molecule has 3 atom stereocenters. The van der Waals surface area contributed by atoms with Crippen LogP contribution < -0.4 is 5.73 Å². The maximum Gasteiger partial charge on any atom is 0.307 e. The molecule has 0 saturated heterocycles. The average Bonchev–Trinajstić information content (AvgIpc) is 2.00. The molecule has 0 bridgehead atoms. The van der Waals surface area contributed by atoms with E-state index in [2.05, 4.69) is 0 Å². The number of carboxylic acids is 1. The van der Waals surface area contributed by atoms with Crippen molar-refractivity contribution in [1.82, 2.24) is 0 Å². The van der Waals surface area contributed by atoms with Crippen LogP contribution in [0.4, 0.5) is 0 Å². The van der Waals surface area contributed by atoms with Crippen LogP contribution in [0.3, 0.4) is 0 Å². The summed E-state index contributed by atoms with van der Waals surface area (Å²) in [6.45, 7) is 1.85. The van der Waals surface area contributed by atoms with E-state index in [1.165, 1.54) is 0 Å². The molecule has 0 fully saturated rings. The fourth-order valence-corrected chi connectivity index (χ4v) is 2.01. The van der Waals surface area contributed by atoms with Gasteiger partial charge in [0.2, 0.25) is 0 Å². The predicted molar refractivity (Wildman–Crippen MR) is 54.7 cm³/mol. The summed E-state index contributed by atoms with van der Waals surface area (Å²) in [4.78, 5) is 19.3. The van der Waals surface area contributed by atoms with E-state index >= 15 is 0 Å². The third-order valence-corrected chi connectivity index (χ3v) is 2.82. The van der Waals surface area contributed by atoms with Gasteiger partial charge < -0.3 is 15.7 Å². The smallest absolute Gasteiger partial charge is 0.307 e. The molecule has 0 aliphatic carbocycles. The number of carbonyl (C=O) groups is 1. The molecule has 5 nitrogen and oxygen atoms in total. The van der Waals surface area contributed by atoms with Crippen LogP contribution in [0.25, 0.3) is 0 Å². The molecule has 0 radical (unpaired) electrons. The Morgan fingerprint density at radius 1 is 1.50 bits per heavy atom. The van der Waals surface area contributed by atoms with Crippen molar-refractivity contribution in [1.29, 1.82) is 0 Å². The highest BCUT2D eigenvalue weighted by Gasteiger charge is 2.19. The summed E-state index contributed by atoms with van der Waals surface area (Å²) in [7, 11) is -2.69. The minimum atomic E-state index is -2.69. The zero-order chi connectivity index (χ0) is 11.1. The first-order valence-corrected chi connectivity index (χ1v) is 6.20. The minimum absolute atomic E-state index is 0.0515. The molecular weight excluding hydrogens is 205 g/mol. The van der Waals surface area contributed by atoms with Gasteiger partial charge in [-0.25, -0.2) is 0 Å². The summed E-state index contributed by atoms with van der Waals surface area (Å²) >= 11 is 0. The molecule has 0 aromatic carbocycles. The first-order valence-electron chi connectivity index (χ1n) is 4.63. The van der Waals surface area contributed by atoms with E-state index in [1.54, 1.807) is 0 Å². The molecule has 0 heterocycles. The highest BCUT2D eigenvalue weighted by Crippen LogP contribution is 2.22. The first kappa shape index (κ1) is 13.6. The van der Waals surface area contributed by atoms with E-state index in [-0.39, 0.29) is 12.2 Å². The molecule has 0 aromatic rings. The Bertz CT molecular complexity index is 208. The lowest BCUT2D eigenvalue weighted by molar-refractivity contribution is -0.141. The SMILES string of the molecule is CC(N)CCCC(C[PH](=O)O)C(=O)O. The maximum atomic E-state index is 10.6. The van der Waals surface area contributed by atoms with Crippen LogP contribution >= 0.6 is 8.03 Å². The van der Waals surface area contributed by atoms with E-state index in [1.807, 2.05) is 6.92 Å². The van der Waals surface area contributed by atoms with Crippen molar-refractivity contribution in [2.24, 2.45) is 11.7 Å². The Kier molecular flexibility index (Phi) is 6.79. The number of hydrogen-bond acceptors (Lipinski definition) is 3. The molecule has 4 N–H and O–H groups in total. The van der Waals surface area contributed by atoms with Gasteiger partial charge >= 0.3 is 5.97 Å². The third kappa shape index (κ3) is 7.06. The van der Waals surface area contributed by atoms with Crippen LogP contribution in [0, 0.1) is 5.92 Å². The molecular formula is C8H18NO4P. The van der Waals surface area contributed by atoms with Crippen LogP contribution in [0.5, 0.6) is 0 Å². The summed E-state index contributed by atoms with van der Waals surface area (Å²) in [6, 6.07) is 0.0515. The molecule has 0 rings (SSSR count). The fourth-order valence-electron chi connectivity index (χ4n) is 1.21. The van der Waals surface area contributed by atoms with Gasteiger partial charge in [0, 0.05) is 12.2 Å². The predicted octanol–water partition coefficient (Wildman–Crippen LogP) is 0.672. The highest BCUT2D eigenvalue weighted by atomic mass is 31.1. The number of aliphatic carboxylic acids is 1. The standard InChI is InChI=1S/C8H18NO4P/c1-6(9)3-2-4-7(8(10)11)5-14(12)13/h6-7,14H,2-5,9H2,1H3,(H,10,11)(H,12,13). The van der Waals surface area contributed by atoms with Gasteiger partial charge in [-0.3, -0.25) is 9.36 Å². The van der Waals surface area contributed by atoms with Gasteiger partial charge in [-0.05, 0) is 19.8 Å². The van der Waals surface area contributed by atoms with E-state index < -0.39 is 19.9 Å². The largest absolute Gasteiger partial charge is 0.481 e. The molecule has 0 saturated carbocycles. The number of rotatable bonds is 7. The normalized spacial score (nSPS) is 17.4. The lowest BCUT2D eigenvalue weighted by Gasteiger charge is -2.10. The van der Waals surface area contributed by atoms with Gasteiger partial charge in [-0.1, -0.05) is 6.42 Å². The zero-order valence-electron chi connectivity index (χ0n) is 8.27. The van der Waals surface area contributed by atoms with Crippen LogP contribution in [-0.4, -0.2) is 28.2 Å². The second kappa shape index (κ2) is 6.98. The van der Waals surface area contributed by atoms with Crippen LogP contribution in [-0.2, 0) is 9.36 Å². The van der Waals surface area contributed by atoms with Crippen molar-refractivity contribution < 1.29 is 19.4 Å². The Hall–Kier alpha value is -0.380. The van der Waals surface area contributed by atoms with Crippen LogP contribution in [0.15, 0.2) is 0 Å². The molecule has 84 valence electrons. The van der Waals surface area contributed by atoms with Gasteiger partial charge in [-0.2, -0.15) is 0 Å². The maximum absolute atomic E-state index is 10.6. The summed E-state index contributed by atoms with van der Waals surface area (Å²) in [5.74, 6) is -1.70. The summed E-state index contributed by atoms with van der Waals surface area (Å²) < 4.78 is 10.5. The second-order valence-electron chi connectivity index (χ2n) is 3.54. The summed E-state index contributed by atoms with van der Waals surface area (Å²) in [5.41, 5.74) is 5.50. The Labute approximate surface area is 84.2 Å².